The van der Waals surface area contributed by atoms with Crippen LogP contribution in [0.1, 0.15) is 87.3 Å². The molecule has 2 unspecified atom stereocenters. The van der Waals surface area contributed by atoms with Crippen LogP contribution in [0, 0.1) is 17.6 Å². The molecule has 0 bridgehead atoms. The van der Waals surface area contributed by atoms with Crippen molar-refractivity contribution < 1.29 is 22.3 Å². The topological polar surface area (TPSA) is 9.23 Å². The maximum atomic E-state index is 15.5. The van der Waals surface area contributed by atoms with Gasteiger partial charge in [-0.3, -0.25) is 0 Å². The molecule has 0 amide bonds. The minimum absolute atomic E-state index is 0.0205. The van der Waals surface area contributed by atoms with Gasteiger partial charge in [-0.25, -0.2) is 17.6 Å². The molecule has 0 heterocycles. The van der Waals surface area contributed by atoms with E-state index in [2.05, 4.69) is 6.92 Å². The fourth-order valence-electron chi connectivity index (χ4n) is 5.24. The lowest BCUT2D eigenvalue weighted by molar-refractivity contribution is 0.158. The van der Waals surface area contributed by atoms with Gasteiger partial charge in [0.15, 0.2) is 23.9 Å². The molecule has 2 aliphatic rings. The van der Waals surface area contributed by atoms with Crippen molar-refractivity contribution >= 4 is 0 Å². The second-order valence-electron chi connectivity index (χ2n) is 8.51. The minimum Gasteiger partial charge on any atom is -0.491 e. The van der Waals surface area contributed by atoms with Crippen molar-refractivity contribution in [3.8, 4) is 16.9 Å². The monoisotopic (exact) mass is 420 g/mol. The number of fused-ring (bicyclic) bond motifs is 3. The van der Waals surface area contributed by atoms with E-state index in [9.17, 15) is 8.78 Å². The van der Waals surface area contributed by atoms with Gasteiger partial charge < -0.3 is 4.74 Å². The predicted molar refractivity (Wildman–Crippen MR) is 110 cm³/mol. The Balaban J connectivity index is 1.73. The summed E-state index contributed by atoms with van der Waals surface area (Å²) in [6.07, 6.45) is 1.61. The van der Waals surface area contributed by atoms with Crippen LogP contribution in [-0.2, 0) is 0 Å². The summed E-state index contributed by atoms with van der Waals surface area (Å²) in [6.45, 7) is 4.06. The maximum absolute atomic E-state index is 15.5. The molecular weight excluding hydrogens is 392 g/mol. The lowest BCUT2D eigenvalue weighted by Crippen LogP contribution is -2.19. The van der Waals surface area contributed by atoms with Crippen LogP contribution in [0.25, 0.3) is 11.1 Å². The van der Waals surface area contributed by atoms with Crippen LogP contribution in [-0.4, -0.2) is 6.61 Å². The zero-order chi connectivity index (χ0) is 21.4. The molecule has 4 rings (SSSR count). The Morgan fingerprint density at radius 1 is 0.833 bits per heavy atom. The van der Waals surface area contributed by atoms with Crippen molar-refractivity contribution in [2.24, 2.45) is 5.92 Å². The van der Waals surface area contributed by atoms with Crippen LogP contribution in [0.5, 0.6) is 5.75 Å². The van der Waals surface area contributed by atoms with Crippen LogP contribution in [0.4, 0.5) is 17.6 Å². The van der Waals surface area contributed by atoms with Crippen molar-refractivity contribution in [1.29, 1.82) is 0 Å². The number of hydrogen-bond donors (Lipinski definition) is 0. The summed E-state index contributed by atoms with van der Waals surface area (Å²) in [7, 11) is 0. The van der Waals surface area contributed by atoms with Crippen LogP contribution in [0.15, 0.2) is 24.3 Å². The number of ether oxygens (including phenoxy) is 1. The smallest absolute Gasteiger partial charge is 0.171 e. The highest BCUT2D eigenvalue weighted by Gasteiger charge is 2.40. The Morgan fingerprint density at radius 3 is 2.03 bits per heavy atom. The van der Waals surface area contributed by atoms with Gasteiger partial charge in [0, 0.05) is 11.1 Å². The molecule has 2 aromatic carbocycles. The Bertz CT molecular complexity index is 918. The molecule has 1 fully saturated rings. The third-order valence-corrected chi connectivity index (χ3v) is 6.74. The van der Waals surface area contributed by atoms with Gasteiger partial charge in [0.1, 0.15) is 5.82 Å². The lowest BCUT2D eigenvalue weighted by atomic mass is 9.75. The largest absolute Gasteiger partial charge is 0.491 e. The first-order valence-corrected chi connectivity index (χ1v) is 11.0. The first kappa shape index (κ1) is 21.2. The summed E-state index contributed by atoms with van der Waals surface area (Å²) in [5, 5.41) is 0. The van der Waals surface area contributed by atoms with Gasteiger partial charge in [0.25, 0.3) is 0 Å². The molecular formula is C25H28F4O. The summed E-state index contributed by atoms with van der Waals surface area (Å²) < 4.78 is 65.5. The number of alkyl halides is 2. The van der Waals surface area contributed by atoms with Gasteiger partial charge >= 0.3 is 0 Å². The number of benzene rings is 2. The fraction of sp³-hybridized carbons (Fsp3) is 0.520. The van der Waals surface area contributed by atoms with E-state index >= 15 is 8.78 Å². The summed E-state index contributed by atoms with van der Waals surface area (Å²) in [4.78, 5) is 0. The maximum Gasteiger partial charge on any atom is 0.171 e. The molecule has 0 N–H and O–H groups in total. The van der Waals surface area contributed by atoms with Crippen LogP contribution < -0.4 is 4.74 Å². The Kier molecular flexibility index (Phi) is 6.08. The highest BCUT2D eigenvalue weighted by Crippen LogP contribution is 2.52. The van der Waals surface area contributed by atoms with E-state index in [1.54, 1.807) is 19.1 Å². The summed E-state index contributed by atoms with van der Waals surface area (Å²) in [6, 6.07) is 6.20. The van der Waals surface area contributed by atoms with Gasteiger partial charge in [0.2, 0.25) is 0 Å². The summed E-state index contributed by atoms with van der Waals surface area (Å²) in [5.74, 6) is -0.997. The van der Waals surface area contributed by atoms with Gasteiger partial charge in [-0.2, -0.15) is 0 Å². The molecule has 0 saturated heterocycles. The van der Waals surface area contributed by atoms with Crippen LogP contribution >= 0.6 is 0 Å². The minimum atomic E-state index is -2.27. The SMILES string of the molecule is CCCC1CCC(c2ccc3c(c2F)C(F)C(F)c2c-3ccc(OCC)c2F)CC1. The predicted octanol–water partition coefficient (Wildman–Crippen LogP) is 8.14. The third kappa shape index (κ3) is 3.50. The average Bonchev–Trinajstić information content (AvgIpc) is 2.74. The normalized spacial score (nSPS) is 25.5. The second-order valence-corrected chi connectivity index (χ2v) is 8.51. The molecule has 5 heteroatoms. The van der Waals surface area contributed by atoms with E-state index in [1.807, 2.05) is 0 Å². The molecule has 1 nitrogen and oxygen atoms in total. The van der Waals surface area contributed by atoms with Crippen molar-refractivity contribution in [1.82, 2.24) is 0 Å². The number of halogens is 4. The molecule has 30 heavy (non-hydrogen) atoms. The Labute approximate surface area is 175 Å². The van der Waals surface area contributed by atoms with Crippen molar-refractivity contribution in [2.45, 2.75) is 70.6 Å². The average molecular weight is 420 g/mol. The number of hydrogen-bond acceptors (Lipinski definition) is 1. The van der Waals surface area contributed by atoms with E-state index in [1.165, 1.54) is 18.6 Å². The van der Waals surface area contributed by atoms with E-state index in [0.29, 0.717) is 11.5 Å². The first-order valence-electron chi connectivity index (χ1n) is 11.0. The van der Waals surface area contributed by atoms with Gasteiger partial charge in [-0.1, -0.05) is 38.0 Å². The van der Waals surface area contributed by atoms with Gasteiger partial charge in [0.05, 0.1) is 6.61 Å². The highest BCUT2D eigenvalue weighted by molar-refractivity contribution is 5.76. The molecule has 0 aliphatic heterocycles. The Morgan fingerprint density at radius 2 is 1.43 bits per heavy atom. The zero-order valence-electron chi connectivity index (χ0n) is 17.5. The number of rotatable bonds is 5. The fourth-order valence-corrected chi connectivity index (χ4v) is 5.24. The lowest BCUT2D eigenvalue weighted by Gasteiger charge is -2.32. The van der Waals surface area contributed by atoms with Crippen molar-refractivity contribution in [3.05, 3.63) is 52.6 Å². The van der Waals surface area contributed by atoms with E-state index in [-0.39, 0.29) is 40.5 Å². The highest BCUT2D eigenvalue weighted by atomic mass is 19.2. The molecule has 0 radical (unpaired) electrons. The standard InChI is InChI=1S/C25H28F4O/c1-3-5-14-6-8-15(9-7-14)16-10-11-17-18-12-13-19(30-4-2)23(27)21(18)25(29)24(28)20(17)22(16)26/h10-15,24-25H,3-9H2,1-2H3. The summed E-state index contributed by atoms with van der Waals surface area (Å²) in [5.41, 5.74) is 0.243. The third-order valence-electron chi connectivity index (χ3n) is 6.74. The molecule has 2 aromatic rings. The van der Waals surface area contributed by atoms with E-state index in [0.717, 1.165) is 32.1 Å². The van der Waals surface area contributed by atoms with Crippen LogP contribution in [0.3, 0.4) is 0 Å². The van der Waals surface area contributed by atoms with Gasteiger partial charge in [-0.15, -0.1) is 0 Å². The first-order chi connectivity index (χ1) is 14.5. The Hall–Kier alpha value is -2.04. The molecule has 0 aromatic heterocycles. The molecule has 0 spiro atoms. The van der Waals surface area contributed by atoms with Crippen LogP contribution in [0.2, 0.25) is 0 Å². The van der Waals surface area contributed by atoms with E-state index < -0.39 is 24.0 Å². The molecule has 162 valence electrons. The quantitative estimate of drug-likeness (QED) is 0.444. The van der Waals surface area contributed by atoms with Crippen molar-refractivity contribution in [2.75, 3.05) is 6.61 Å². The second kappa shape index (κ2) is 8.60. The summed E-state index contributed by atoms with van der Waals surface area (Å²) >= 11 is 0. The zero-order valence-corrected chi connectivity index (χ0v) is 17.5. The molecule has 1 saturated carbocycles. The van der Waals surface area contributed by atoms with E-state index in [4.69, 9.17) is 4.74 Å². The molecule has 2 atom stereocenters. The molecule has 2 aliphatic carbocycles. The van der Waals surface area contributed by atoms with Gasteiger partial charge in [-0.05, 0) is 67.2 Å². The van der Waals surface area contributed by atoms with Crippen molar-refractivity contribution in [3.63, 3.8) is 0 Å².